The van der Waals surface area contributed by atoms with E-state index < -0.39 is 18.2 Å². The monoisotopic (exact) mass is 217 g/mol. The molecule has 0 aromatic heterocycles. The zero-order valence-electron chi connectivity index (χ0n) is 9.61. The summed E-state index contributed by atoms with van der Waals surface area (Å²) < 4.78 is 5.01. The van der Waals surface area contributed by atoms with Crippen LogP contribution in [0.3, 0.4) is 0 Å². The maximum absolute atomic E-state index is 11.4. The van der Waals surface area contributed by atoms with Gasteiger partial charge in [-0.1, -0.05) is 6.92 Å². The minimum atomic E-state index is -1.07. The zero-order valence-corrected chi connectivity index (χ0v) is 9.61. The lowest BCUT2D eigenvalue weighted by Crippen LogP contribution is -2.41. The standard InChI is InChI=1S/C10H19NO4/c1-5-6(2)11-9(12)7(3)15-8(4)10(13)14/h6-8H,5H2,1-4H3,(H,11,12)(H,13,14). The van der Waals surface area contributed by atoms with Crippen molar-refractivity contribution >= 4 is 11.9 Å². The molecular formula is C10H19NO4. The molecule has 1 amide bonds. The summed E-state index contributed by atoms with van der Waals surface area (Å²) in [5.74, 6) is -1.35. The van der Waals surface area contributed by atoms with Gasteiger partial charge in [0.25, 0.3) is 0 Å². The first-order chi connectivity index (χ1) is 6.88. The summed E-state index contributed by atoms with van der Waals surface area (Å²) in [7, 11) is 0. The largest absolute Gasteiger partial charge is 0.479 e. The molecule has 5 heteroatoms. The van der Waals surface area contributed by atoms with E-state index in [0.29, 0.717) is 0 Å². The van der Waals surface area contributed by atoms with Crippen LogP contribution < -0.4 is 5.32 Å². The smallest absolute Gasteiger partial charge is 0.332 e. The topological polar surface area (TPSA) is 75.6 Å². The second kappa shape index (κ2) is 6.40. The Morgan fingerprint density at radius 3 is 2.20 bits per heavy atom. The molecule has 0 rings (SSSR count). The number of ether oxygens (including phenoxy) is 1. The van der Waals surface area contributed by atoms with Crippen LogP contribution >= 0.6 is 0 Å². The number of rotatable bonds is 6. The van der Waals surface area contributed by atoms with Gasteiger partial charge in [-0.05, 0) is 27.2 Å². The Kier molecular flexibility index (Phi) is 5.93. The number of carbonyl (C=O) groups excluding carboxylic acids is 1. The zero-order chi connectivity index (χ0) is 12.0. The normalized spacial score (nSPS) is 16.5. The average molecular weight is 217 g/mol. The molecule has 0 heterocycles. The van der Waals surface area contributed by atoms with Crippen molar-refractivity contribution in [3.05, 3.63) is 0 Å². The van der Waals surface area contributed by atoms with Crippen LogP contribution in [0.1, 0.15) is 34.1 Å². The Morgan fingerprint density at radius 2 is 1.80 bits per heavy atom. The molecule has 0 fully saturated rings. The fourth-order valence-electron chi connectivity index (χ4n) is 0.888. The van der Waals surface area contributed by atoms with E-state index in [1.807, 2.05) is 13.8 Å². The maximum atomic E-state index is 11.4. The molecule has 88 valence electrons. The summed E-state index contributed by atoms with van der Waals surface area (Å²) in [6, 6.07) is 0.0729. The molecule has 3 atom stereocenters. The molecule has 0 spiro atoms. The number of hydrogen-bond acceptors (Lipinski definition) is 3. The van der Waals surface area contributed by atoms with E-state index in [0.717, 1.165) is 6.42 Å². The van der Waals surface area contributed by atoms with Gasteiger partial charge in [0.05, 0.1) is 0 Å². The first kappa shape index (κ1) is 13.9. The van der Waals surface area contributed by atoms with Gasteiger partial charge in [0, 0.05) is 6.04 Å². The first-order valence-electron chi connectivity index (χ1n) is 5.07. The predicted molar refractivity (Wildman–Crippen MR) is 55.5 cm³/mol. The number of carboxylic acid groups (broad SMARTS) is 1. The van der Waals surface area contributed by atoms with Gasteiger partial charge in [0.2, 0.25) is 5.91 Å². The van der Waals surface area contributed by atoms with Crippen LogP contribution in [0.25, 0.3) is 0 Å². The van der Waals surface area contributed by atoms with Crippen molar-refractivity contribution in [3.63, 3.8) is 0 Å². The predicted octanol–water partition coefficient (Wildman–Crippen LogP) is 0.779. The van der Waals surface area contributed by atoms with Crippen molar-refractivity contribution in [3.8, 4) is 0 Å². The molecule has 0 aliphatic heterocycles. The van der Waals surface area contributed by atoms with Crippen LogP contribution in [0.4, 0.5) is 0 Å². The number of amides is 1. The van der Waals surface area contributed by atoms with Gasteiger partial charge in [-0.3, -0.25) is 4.79 Å². The molecule has 15 heavy (non-hydrogen) atoms. The summed E-state index contributed by atoms with van der Waals surface area (Å²) >= 11 is 0. The minimum Gasteiger partial charge on any atom is -0.479 e. The van der Waals surface area contributed by atoms with Crippen molar-refractivity contribution in [2.24, 2.45) is 0 Å². The fraction of sp³-hybridized carbons (Fsp3) is 0.800. The highest BCUT2D eigenvalue weighted by molar-refractivity contribution is 5.81. The number of carbonyl (C=O) groups is 2. The lowest BCUT2D eigenvalue weighted by Gasteiger charge is -2.18. The van der Waals surface area contributed by atoms with E-state index in [1.54, 1.807) is 0 Å². The molecule has 0 aromatic rings. The number of carboxylic acids is 1. The molecule has 2 N–H and O–H groups in total. The third-order valence-electron chi connectivity index (χ3n) is 2.13. The number of aliphatic carboxylic acids is 1. The second-order valence-electron chi connectivity index (χ2n) is 3.58. The number of nitrogens with one attached hydrogen (secondary N) is 1. The molecule has 0 radical (unpaired) electrons. The quantitative estimate of drug-likeness (QED) is 0.689. The molecule has 0 aliphatic carbocycles. The SMILES string of the molecule is CCC(C)NC(=O)C(C)OC(C)C(=O)O. The second-order valence-corrected chi connectivity index (χ2v) is 3.58. The summed E-state index contributed by atoms with van der Waals surface area (Å²) in [5.41, 5.74) is 0. The van der Waals surface area contributed by atoms with Crippen LogP contribution in [0.5, 0.6) is 0 Å². The highest BCUT2D eigenvalue weighted by atomic mass is 16.5. The minimum absolute atomic E-state index is 0.0729. The van der Waals surface area contributed by atoms with Crippen molar-refractivity contribution in [1.29, 1.82) is 0 Å². The molecule has 5 nitrogen and oxygen atoms in total. The van der Waals surface area contributed by atoms with Crippen LogP contribution in [-0.2, 0) is 14.3 Å². The van der Waals surface area contributed by atoms with Gasteiger partial charge in [-0.2, -0.15) is 0 Å². The lowest BCUT2D eigenvalue weighted by atomic mass is 10.2. The van der Waals surface area contributed by atoms with Gasteiger partial charge in [-0.15, -0.1) is 0 Å². The van der Waals surface area contributed by atoms with Crippen LogP contribution in [-0.4, -0.2) is 35.2 Å². The summed E-state index contributed by atoms with van der Waals surface area (Å²) in [6.07, 6.45) is -0.889. The molecular weight excluding hydrogens is 198 g/mol. The Hall–Kier alpha value is -1.10. The van der Waals surface area contributed by atoms with E-state index in [2.05, 4.69) is 5.32 Å². The van der Waals surface area contributed by atoms with Crippen molar-refractivity contribution in [2.45, 2.75) is 52.4 Å². The van der Waals surface area contributed by atoms with Gasteiger partial charge in [0.15, 0.2) is 6.10 Å². The molecule has 0 aromatic carbocycles. The van der Waals surface area contributed by atoms with E-state index in [-0.39, 0.29) is 11.9 Å². The maximum Gasteiger partial charge on any atom is 0.332 e. The van der Waals surface area contributed by atoms with Crippen molar-refractivity contribution in [2.75, 3.05) is 0 Å². The molecule has 3 unspecified atom stereocenters. The summed E-state index contributed by atoms with van der Waals surface area (Å²) in [6.45, 7) is 6.77. The van der Waals surface area contributed by atoms with Gasteiger partial charge in [0.1, 0.15) is 6.10 Å². The van der Waals surface area contributed by atoms with Gasteiger partial charge >= 0.3 is 5.97 Å². The van der Waals surface area contributed by atoms with Crippen LogP contribution in [0.15, 0.2) is 0 Å². The average Bonchev–Trinajstić information content (AvgIpc) is 2.16. The Labute approximate surface area is 89.8 Å². The lowest BCUT2D eigenvalue weighted by molar-refractivity contribution is -0.155. The van der Waals surface area contributed by atoms with Crippen molar-refractivity contribution < 1.29 is 19.4 Å². The van der Waals surface area contributed by atoms with Gasteiger partial charge < -0.3 is 15.2 Å². The van der Waals surface area contributed by atoms with E-state index in [4.69, 9.17) is 9.84 Å². The summed E-state index contributed by atoms with van der Waals surface area (Å²) in [4.78, 5) is 21.9. The Morgan fingerprint density at radius 1 is 1.27 bits per heavy atom. The Balaban J connectivity index is 4.04. The molecule has 0 saturated heterocycles. The van der Waals surface area contributed by atoms with E-state index in [1.165, 1.54) is 13.8 Å². The molecule has 0 bridgehead atoms. The van der Waals surface area contributed by atoms with Crippen LogP contribution in [0.2, 0.25) is 0 Å². The molecule has 0 saturated carbocycles. The highest BCUT2D eigenvalue weighted by Gasteiger charge is 2.21. The van der Waals surface area contributed by atoms with Crippen LogP contribution in [0, 0.1) is 0 Å². The Bertz CT molecular complexity index is 229. The van der Waals surface area contributed by atoms with Crippen molar-refractivity contribution in [1.82, 2.24) is 5.32 Å². The summed E-state index contributed by atoms with van der Waals surface area (Å²) in [5, 5.41) is 11.3. The van der Waals surface area contributed by atoms with E-state index in [9.17, 15) is 9.59 Å². The first-order valence-corrected chi connectivity index (χ1v) is 5.07. The third-order valence-corrected chi connectivity index (χ3v) is 2.13. The highest BCUT2D eigenvalue weighted by Crippen LogP contribution is 2.00. The van der Waals surface area contributed by atoms with E-state index >= 15 is 0 Å². The van der Waals surface area contributed by atoms with Gasteiger partial charge in [-0.25, -0.2) is 4.79 Å². The third kappa shape index (κ3) is 5.37. The molecule has 0 aliphatic rings. The fourth-order valence-corrected chi connectivity index (χ4v) is 0.888. The number of hydrogen-bond donors (Lipinski definition) is 2.